The first-order chi connectivity index (χ1) is 9.56. The van der Waals surface area contributed by atoms with Crippen LogP contribution in [0.2, 0.25) is 0 Å². The molecule has 0 fully saturated rings. The van der Waals surface area contributed by atoms with Gasteiger partial charge >= 0.3 is 0 Å². The molecule has 3 nitrogen and oxygen atoms in total. The van der Waals surface area contributed by atoms with Crippen LogP contribution in [0, 0.1) is 0 Å². The van der Waals surface area contributed by atoms with Gasteiger partial charge in [-0.25, -0.2) is 9.97 Å². The molecule has 0 spiro atoms. The minimum Gasteiger partial charge on any atom is -0.372 e. The fourth-order valence-corrected chi connectivity index (χ4v) is 3.12. The van der Waals surface area contributed by atoms with Gasteiger partial charge in [-0.05, 0) is 40.2 Å². The van der Waals surface area contributed by atoms with Gasteiger partial charge in [-0.1, -0.05) is 26.0 Å². The average molecular weight is 352 g/mol. The summed E-state index contributed by atoms with van der Waals surface area (Å²) in [4.78, 5) is 10.5. The van der Waals surface area contributed by atoms with E-state index < -0.39 is 0 Å². The van der Waals surface area contributed by atoms with Crippen LogP contribution < -0.4 is 5.32 Å². The van der Waals surface area contributed by atoms with Gasteiger partial charge in [0.05, 0.1) is 10.2 Å². The minimum absolute atomic E-state index is 0.337. The van der Waals surface area contributed by atoms with Crippen LogP contribution in [0.5, 0.6) is 0 Å². The first-order valence-corrected chi connectivity index (χ1v) is 8.48. The zero-order chi connectivity index (χ0) is 14.7. The highest BCUT2D eigenvalue weighted by Gasteiger charge is 2.15. The van der Waals surface area contributed by atoms with Gasteiger partial charge in [-0.15, -0.1) is 11.8 Å². The fraction of sp³-hybridized carbons (Fsp3) is 0.333. The summed E-state index contributed by atoms with van der Waals surface area (Å²) in [5, 5.41) is 3.12. The largest absolute Gasteiger partial charge is 0.372 e. The molecule has 0 aliphatic rings. The highest BCUT2D eigenvalue weighted by Crippen LogP contribution is 2.31. The van der Waals surface area contributed by atoms with Crippen LogP contribution in [0.3, 0.4) is 0 Å². The third kappa shape index (κ3) is 3.15. The first-order valence-electron chi connectivity index (χ1n) is 6.46. The summed E-state index contributed by atoms with van der Waals surface area (Å²) in [6, 6.07) is 8.33. The van der Waals surface area contributed by atoms with Crippen molar-refractivity contribution in [1.29, 1.82) is 0 Å². The molecule has 5 heteroatoms. The molecule has 0 atom stereocenters. The monoisotopic (exact) mass is 351 g/mol. The van der Waals surface area contributed by atoms with Gasteiger partial charge in [0.1, 0.15) is 5.82 Å². The Morgan fingerprint density at radius 2 is 1.80 bits per heavy atom. The van der Waals surface area contributed by atoms with E-state index >= 15 is 0 Å². The molecule has 20 heavy (non-hydrogen) atoms. The lowest BCUT2D eigenvalue weighted by molar-refractivity contribution is 0.810. The second kappa shape index (κ2) is 6.59. The summed E-state index contributed by atoms with van der Waals surface area (Å²) in [5.74, 6) is 1.92. The second-order valence-electron chi connectivity index (χ2n) is 4.73. The Balaban J connectivity index is 2.52. The standard InChI is InChI=1S/C15H18BrN3S/c1-9(2)13-12(16)15(17-3)19-14(18-13)10-5-7-11(20-4)8-6-10/h5-9H,1-4H3,(H,17,18,19). The molecule has 1 N–H and O–H groups in total. The van der Waals surface area contributed by atoms with Crippen LogP contribution in [0.4, 0.5) is 5.82 Å². The van der Waals surface area contributed by atoms with Gasteiger partial charge in [0.2, 0.25) is 0 Å². The van der Waals surface area contributed by atoms with Crippen LogP contribution in [0.15, 0.2) is 33.6 Å². The average Bonchev–Trinajstić information content (AvgIpc) is 2.47. The Bertz CT molecular complexity index is 597. The van der Waals surface area contributed by atoms with Gasteiger partial charge in [-0.3, -0.25) is 0 Å². The number of anilines is 1. The highest BCUT2D eigenvalue weighted by atomic mass is 79.9. The van der Waals surface area contributed by atoms with Gasteiger partial charge < -0.3 is 5.32 Å². The maximum absolute atomic E-state index is 4.70. The van der Waals surface area contributed by atoms with E-state index in [1.165, 1.54) is 4.90 Å². The quantitative estimate of drug-likeness (QED) is 0.803. The summed E-state index contributed by atoms with van der Waals surface area (Å²) >= 11 is 5.31. The molecule has 0 bridgehead atoms. The molecule has 106 valence electrons. The molecule has 0 amide bonds. The van der Waals surface area contributed by atoms with Gasteiger partial charge in [0, 0.05) is 17.5 Å². The maximum Gasteiger partial charge on any atom is 0.161 e. The molecule has 1 aromatic carbocycles. The highest BCUT2D eigenvalue weighted by molar-refractivity contribution is 9.10. The zero-order valence-electron chi connectivity index (χ0n) is 12.1. The van der Waals surface area contributed by atoms with Gasteiger partial charge in [-0.2, -0.15) is 0 Å². The maximum atomic E-state index is 4.70. The van der Waals surface area contributed by atoms with Crippen molar-refractivity contribution in [3.05, 3.63) is 34.4 Å². The summed E-state index contributed by atoms with van der Waals surface area (Å²) in [6.07, 6.45) is 2.07. The van der Waals surface area contributed by atoms with Crippen molar-refractivity contribution >= 4 is 33.5 Å². The molecular formula is C15H18BrN3S. The summed E-state index contributed by atoms with van der Waals surface area (Å²) in [5.41, 5.74) is 2.06. The smallest absolute Gasteiger partial charge is 0.161 e. The van der Waals surface area contributed by atoms with Crippen molar-refractivity contribution in [1.82, 2.24) is 9.97 Å². The number of benzene rings is 1. The molecule has 0 radical (unpaired) electrons. The molecule has 2 aromatic rings. The van der Waals surface area contributed by atoms with Gasteiger partial charge in [0.15, 0.2) is 5.82 Å². The molecule has 0 saturated heterocycles. The Kier molecular flexibility index (Phi) is 5.05. The lowest BCUT2D eigenvalue weighted by Gasteiger charge is -2.13. The van der Waals surface area contributed by atoms with E-state index in [2.05, 4.69) is 70.6 Å². The predicted molar refractivity (Wildman–Crippen MR) is 90.6 cm³/mol. The van der Waals surface area contributed by atoms with Crippen molar-refractivity contribution in [3.63, 3.8) is 0 Å². The van der Waals surface area contributed by atoms with E-state index in [-0.39, 0.29) is 0 Å². The number of halogens is 1. The normalized spacial score (nSPS) is 10.9. The van der Waals surface area contributed by atoms with Crippen LogP contribution >= 0.6 is 27.7 Å². The number of thioether (sulfide) groups is 1. The number of rotatable bonds is 4. The Hall–Kier alpha value is -1.07. The minimum atomic E-state index is 0.337. The Labute approximate surface area is 132 Å². The third-order valence-electron chi connectivity index (χ3n) is 3.01. The number of aromatic nitrogens is 2. The predicted octanol–water partition coefficient (Wildman–Crippen LogP) is 4.79. The number of hydrogen-bond acceptors (Lipinski definition) is 4. The van der Waals surface area contributed by atoms with Crippen LogP contribution in [0.1, 0.15) is 25.5 Å². The van der Waals surface area contributed by atoms with E-state index in [4.69, 9.17) is 4.98 Å². The van der Waals surface area contributed by atoms with E-state index in [0.717, 1.165) is 27.4 Å². The molecule has 0 saturated carbocycles. The van der Waals surface area contributed by atoms with Crippen LogP contribution in [-0.4, -0.2) is 23.3 Å². The number of nitrogens with zero attached hydrogens (tertiary/aromatic N) is 2. The molecule has 2 rings (SSSR count). The fourth-order valence-electron chi connectivity index (χ4n) is 1.88. The van der Waals surface area contributed by atoms with Crippen LogP contribution in [-0.2, 0) is 0 Å². The lowest BCUT2D eigenvalue weighted by Crippen LogP contribution is -2.04. The van der Waals surface area contributed by atoms with Crippen molar-refractivity contribution < 1.29 is 0 Å². The zero-order valence-corrected chi connectivity index (χ0v) is 14.5. The van der Waals surface area contributed by atoms with Crippen molar-refractivity contribution in [3.8, 4) is 11.4 Å². The number of nitrogens with one attached hydrogen (secondary N) is 1. The molecule has 0 aliphatic carbocycles. The SMILES string of the molecule is CNc1nc(-c2ccc(SC)cc2)nc(C(C)C)c1Br. The molecule has 0 aliphatic heterocycles. The van der Waals surface area contributed by atoms with Crippen molar-refractivity contribution in [2.45, 2.75) is 24.7 Å². The molecule has 1 aromatic heterocycles. The van der Waals surface area contributed by atoms with Crippen molar-refractivity contribution in [2.75, 3.05) is 18.6 Å². The van der Waals surface area contributed by atoms with E-state index in [1.54, 1.807) is 11.8 Å². The van der Waals surface area contributed by atoms with E-state index in [0.29, 0.717) is 5.92 Å². The second-order valence-corrected chi connectivity index (χ2v) is 6.40. The lowest BCUT2D eigenvalue weighted by atomic mass is 10.1. The van der Waals surface area contributed by atoms with E-state index in [9.17, 15) is 0 Å². The van der Waals surface area contributed by atoms with Gasteiger partial charge in [0.25, 0.3) is 0 Å². The third-order valence-corrected chi connectivity index (χ3v) is 4.53. The Morgan fingerprint density at radius 3 is 2.30 bits per heavy atom. The Morgan fingerprint density at radius 1 is 1.15 bits per heavy atom. The van der Waals surface area contributed by atoms with Crippen molar-refractivity contribution in [2.24, 2.45) is 0 Å². The summed E-state index contributed by atoms with van der Waals surface area (Å²) in [7, 11) is 1.87. The topological polar surface area (TPSA) is 37.8 Å². The first kappa shape index (κ1) is 15.3. The molecule has 0 unspecified atom stereocenters. The summed E-state index contributed by atoms with van der Waals surface area (Å²) in [6.45, 7) is 4.26. The van der Waals surface area contributed by atoms with E-state index in [1.807, 2.05) is 7.05 Å². The summed E-state index contributed by atoms with van der Waals surface area (Å²) < 4.78 is 0.944. The molecule has 1 heterocycles. The number of hydrogen-bond donors (Lipinski definition) is 1. The molecular weight excluding hydrogens is 334 g/mol. The van der Waals surface area contributed by atoms with Crippen LogP contribution in [0.25, 0.3) is 11.4 Å².